The normalized spacial score (nSPS) is 10.2. The van der Waals surface area contributed by atoms with Gasteiger partial charge in [0.1, 0.15) is 0 Å². The van der Waals surface area contributed by atoms with Gasteiger partial charge in [0.2, 0.25) is 5.75 Å². The highest BCUT2D eigenvalue weighted by Gasteiger charge is 2.22. The standard InChI is InChI=1S/C15H22BrNO5/c1-5-22-8-6-7-17-15(18)10-9-11(19-2)13(20-3)14(21-4)12(10)16/h9H,5-8H2,1-4H3,(H,17,18). The molecule has 0 aliphatic heterocycles. The van der Waals surface area contributed by atoms with Crippen molar-refractivity contribution in [3.63, 3.8) is 0 Å². The van der Waals surface area contributed by atoms with Crippen molar-refractivity contribution in [3.05, 3.63) is 16.1 Å². The van der Waals surface area contributed by atoms with Crippen LogP contribution in [0.1, 0.15) is 23.7 Å². The monoisotopic (exact) mass is 375 g/mol. The third-order valence-electron chi connectivity index (χ3n) is 2.97. The summed E-state index contributed by atoms with van der Waals surface area (Å²) < 4.78 is 21.6. The molecular weight excluding hydrogens is 354 g/mol. The van der Waals surface area contributed by atoms with Crippen molar-refractivity contribution in [2.75, 3.05) is 41.1 Å². The summed E-state index contributed by atoms with van der Waals surface area (Å²) in [5.74, 6) is 1.07. The van der Waals surface area contributed by atoms with Crippen LogP contribution in [0.4, 0.5) is 0 Å². The van der Waals surface area contributed by atoms with Crippen molar-refractivity contribution in [2.45, 2.75) is 13.3 Å². The number of hydrogen-bond donors (Lipinski definition) is 1. The molecule has 0 unspecified atom stereocenters. The van der Waals surface area contributed by atoms with Crippen LogP contribution in [0.2, 0.25) is 0 Å². The Morgan fingerprint density at radius 1 is 1.18 bits per heavy atom. The molecule has 1 amide bonds. The number of nitrogens with one attached hydrogen (secondary N) is 1. The summed E-state index contributed by atoms with van der Waals surface area (Å²) in [5, 5.41) is 2.84. The first-order valence-corrected chi connectivity index (χ1v) is 7.74. The van der Waals surface area contributed by atoms with Crippen LogP contribution in [0.3, 0.4) is 0 Å². The zero-order valence-electron chi connectivity index (χ0n) is 13.3. The molecule has 0 bridgehead atoms. The number of ether oxygens (including phenoxy) is 4. The molecule has 0 spiro atoms. The minimum Gasteiger partial charge on any atom is -0.493 e. The predicted octanol–water partition coefficient (Wildman–Crippen LogP) is 2.63. The van der Waals surface area contributed by atoms with Crippen molar-refractivity contribution < 1.29 is 23.7 Å². The smallest absolute Gasteiger partial charge is 0.252 e. The Balaban J connectivity index is 2.91. The van der Waals surface area contributed by atoms with E-state index in [1.54, 1.807) is 6.07 Å². The highest BCUT2D eigenvalue weighted by atomic mass is 79.9. The van der Waals surface area contributed by atoms with Gasteiger partial charge in [-0.1, -0.05) is 0 Å². The van der Waals surface area contributed by atoms with Gasteiger partial charge in [0, 0.05) is 19.8 Å². The van der Waals surface area contributed by atoms with Gasteiger partial charge in [0.25, 0.3) is 5.91 Å². The molecule has 0 saturated heterocycles. The van der Waals surface area contributed by atoms with Gasteiger partial charge in [0.05, 0.1) is 31.4 Å². The number of benzene rings is 1. The van der Waals surface area contributed by atoms with Gasteiger partial charge in [-0.15, -0.1) is 0 Å². The van der Waals surface area contributed by atoms with E-state index in [0.717, 1.165) is 6.42 Å². The molecule has 0 aliphatic carbocycles. The maximum absolute atomic E-state index is 12.3. The number of hydrogen-bond acceptors (Lipinski definition) is 5. The Bertz CT molecular complexity index is 507. The molecule has 22 heavy (non-hydrogen) atoms. The molecule has 124 valence electrons. The van der Waals surface area contributed by atoms with E-state index in [1.165, 1.54) is 21.3 Å². The summed E-state index contributed by atoms with van der Waals surface area (Å²) >= 11 is 3.38. The molecular formula is C15H22BrNO5. The molecule has 7 heteroatoms. The maximum atomic E-state index is 12.3. The van der Waals surface area contributed by atoms with Crippen LogP contribution in [0, 0.1) is 0 Å². The highest BCUT2D eigenvalue weighted by Crippen LogP contribution is 2.44. The average molecular weight is 376 g/mol. The lowest BCUT2D eigenvalue weighted by Gasteiger charge is -2.16. The number of carbonyl (C=O) groups excluding carboxylic acids is 1. The molecule has 0 atom stereocenters. The van der Waals surface area contributed by atoms with Gasteiger partial charge < -0.3 is 24.3 Å². The summed E-state index contributed by atoms with van der Waals surface area (Å²) in [6.07, 6.45) is 0.752. The highest BCUT2D eigenvalue weighted by molar-refractivity contribution is 9.10. The number of rotatable bonds is 9. The fourth-order valence-electron chi connectivity index (χ4n) is 1.90. The third-order valence-corrected chi connectivity index (χ3v) is 3.76. The van der Waals surface area contributed by atoms with E-state index in [4.69, 9.17) is 18.9 Å². The van der Waals surface area contributed by atoms with E-state index in [9.17, 15) is 4.79 Å². The first kappa shape index (κ1) is 18.6. The van der Waals surface area contributed by atoms with Crippen molar-refractivity contribution in [1.29, 1.82) is 0 Å². The van der Waals surface area contributed by atoms with Crippen molar-refractivity contribution in [1.82, 2.24) is 5.32 Å². The Morgan fingerprint density at radius 2 is 1.86 bits per heavy atom. The van der Waals surface area contributed by atoms with Crippen molar-refractivity contribution >= 4 is 21.8 Å². The summed E-state index contributed by atoms with van der Waals surface area (Å²) in [6, 6.07) is 1.61. The van der Waals surface area contributed by atoms with Crippen LogP contribution in [0.15, 0.2) is 10.5 Å². The van der Waals surface area contributed by atoms with Crippen molar-refractivity contribution in [2.24, 2.45) is 0 Å². The fraction of sp³-hybridized carbons (Fsp3) is 0.533. The largest absolute Gasteiger partial charge is 0.493 e. The minimum atomic E-state index is -0.220. The number of halogens is 1. The lowest BCUT2D eigenvalue weighted by Crippen LogP contribution is -2.25. The first-order valence-electron chi connectivity index (χ1n) is 6.95. The minimum absolute atomic E-state index is 0.220. The first-order chi connectivity index (χ1) is 10.6. The van der Waals surface area contributed by atoms with Gasteiger partial charge in [-0.05, 0) is 35.3 Å². The van der Waals surface area contributed by atoms with Crippen LogP contribution >= 0.6 is 15.9 Å². The van der Waals surface area contributed by atoms with Crippen LogP contribution < -0.4 is 19.5 Å². The average Bonchev–Trinajstić information content (AvgIpc) is 2.53. The van der Waals surface area contributed by atoms with Gasteiger partial charge in [-0.25, -0.2) is 0 Å². The van der Waals surface area contributed by atoms with Gasteiger partial charge in [-0.3, -0.25) is 4.79 Å². The quantitative estimate of drug-likeness (QED) is 0.672. The number of carbonyl (C=O) groups is 1. The predicted molar refractivity (Wildman–Crippen MR) is 87.2 cm³/mol. The fourth-order valence-corrected chi connectivity index (χ4v) is 2.54. The van der Waals surface area contributed by atoms with E-state index >= 15 is 0 Å². The van der Waals surface area contributed by atoms with Crippen molar-refractivity contribution in [3.8, 4) is 17.2 Å². The van der Waals surface area contributed by atoms with E-state index in [-0.39, 0.29) is 5.91 Å². The van der Waals surface area contributed by atoms with E-state index in [1.807, 2.05) is 6.92 Å². The third kappa shape index (κ3) is 4.51. The summed E-state index contributed by atoms with van der Waals surface area (Å²) in [6.45, 7) is 3.76. The Kier molecular flexibility index (Phi) is 8.05. The second kappa shape index (κ2) is 9.53. The Hall–Kier alpha value is -1.47. The zero-order valence-corrected chi connectivity index (χ0v) is 14.9. The second-order valence-electron chi connectivity index (χ2n) is 4.31. The lowest BCUT2D eigenvalue weighted by molar-refractivity contribution is 0.0942. The zero-order chi connectivity index (χ0) is 16.5. The molecule has 1 aromatic rings. The van der Waals surface area contributed by atoms with E-state index < -0.39 is 0 Å². The molecule has 1 N–H and O–H groups in total. The van der Waals surface area contributed by atoms with Crippen LogP contribution in [0.5, 0.6) is 17.2 Å². The second-order valence-corrected chi connectivity index (χ2v) is 5.11. The summed E-state index contributed by atoms with van der Waals surface area (Å²) in [5.41, 5.74) is 0.422. The molecule has 0 radical (unpaired) electrons. The molecule has 0 aliphatic rings. The Morgan fingerprint density at radius 3 is 2.41 bits per heavy atom. The SMILES string of the molecule is CCOCCCNC(=O)c1cc(OC)c(OC)c(OC)c1Br. The summed E-state index contributed by atoms with van der Waals surface area (Å²) in [7, 11) is 4.53. The molecule has 0 fully saturated rings. The molecule has 6 nitrogen and oxygen atoms in total. The molecule has 0 saturated carbocycles. The number of methoxy groups -OCH3 is 3. The van der Waals surface area contributed by atoms with E-state index in [0.29, 0.717) is 47.0 Å². The lowest BCUT2D eigenvalue weighted by atomic mass is 10.1. The molecule has 1 aromatic carbocycles. The molecule has 1 rings (SSSR count). The maximum Gasteiger partial charge on any atom is 0.252 e. The summed E-state index contributed by atoms with van der Waals surface area (Å²) in [4.78, 5) is 12.3. The van der Waals surface area contributed by atoms with Gasteiger partial charge in [-0.2, -0.15) is 0 Å². The van der Waals surface area contributed by atoms with Gasteiger partial charge in [0.15, 0.2) is 11.5 Å². The van der Waals surface area contributed by atoms with Crippen LogP contribution in [-0.2, 0) is 4.74 Å². The topological polar surface area (TPSA) is 66.0 Å². The Labute approximate surface area is 139 Å². The van der Waals surface area contributed by atoms with Crippen LogP contribution in [0.25, 0.3) is 0 Å². The number of amides is 1. The van der Waals surface area contributed by atoms with Crippen LogP contribution in [-0.4, -0.2) is 47.0 Å². The van der Waals surface area contributed by atoms with E-state index in [2.05, 4.69) is 21.2 Å². The molecule has 0 heterocycles. The molecule has 0 aromatic heterocycles. The van der Waals surface area contributed by atoms with Gasteiger partial charge >= 0.3 is 0 Å².